The van der Waals surface area contributed by atoms with Crippen molar-refractivity contribution in [1.29, 1.82) is 0 Å². The van der Waals surface area contributed by atoms with Gasteiger partial charge in [-0.05, 0) is 39.9 Å². The summed E-state index contributed by atoms with van der Waals surface area (Å²) in [5.74, 6) is -1.58. The van der Waals surface area contributed by atoms with E-state index in [9.17, 15) is 9.59 Å². The summed E-state index contributed by atoms with van der Waals surface area (Å²) in [6.07, 6.45) is 0. The number of esters is 1. The van der Waals surface area contributed by atoms with E-state index in [1.807, 2.05) is 0 Å². The number of carbonyl (C=O) groups is 2. The number of benzene rings is 1. The molecule has 0 aliphatic rings. The van der Waals surface area contributed by atoms with E-state index in [1.165, 1.54) is 5.56 Å². The molecule has 4 heteroatoms. The largest absolute Gasteiger partial charge is 0.459 e. The van der Waals surface area contributed by atoms with Gasteiger partial charge in [0.2, 0.25) is 0 Å². The molecule has 0 aliphatic carbocycles. The van der Waals surface area contributed by atoms with Gasteiger partial charge >= 0.3 is 11.9 Å². The number of rotatable bonds is 2. The number of carbonyl (C=O) groups excluding carboxylic acids is 2. The lowest BCUT2D eigenvalue weighted by Gasteiger charge is -2.33. The van der Waals surface area contributed by atoms with E-state index >= 15 is 0 Å². The van der Waals surface area contributed by atoms with Crippen LogP contribution >= 0.6 is 0 Å². The zero-order valence-electron chi connectivity index (χ0n) is 18.1. The van der Waals surface area contributed by atoms with E-state index < -0.39 is 11.9 Å². The predicted molar refractivity (Wildman–Crippen MR) is 108 cm³/mol. The van der Waals surface area contributed by atoms with Gasteiger partial charge in [-0.15, -0.1) is 0 Å². The fourth-order valence-corrected chi connectivity index (χ4v) is 2.75. The van der Waals surface area contributed by atoms with Crippen molar-refractivity contribution in [3.63, 3.8) is 0 Å². The molecule has 0 fully saturated rings. The van der Waals surface area contributed by atoms with Crippen LogP contribution in [0, 0.1) is 0 Å². The molecule has 0 atom stereocenters. The molecular weight excluding hydrogens is 326 g/mol. The standard InChI is InChI=1S/C22H35NO3/c1-11-26-19(25)18(24)23-17-15(21(5,6)7)12-14(20(2,3)4)13-16(17)22(8,9)10/h12-13H,11H2,1-10H3,(H,23,24). The maximum absolute atomic E-state index is 12.4. The van der Waals surface area contributed by atoms with Gasteiger partial charge in [-0.25, -0.2) is 4.79 Å². The molecule has 0 aliphatic heterocycles. The third kappa shape index (κ3) is 5.33. The number of amides is 1. The van der Waals surface area contributed by atoms with Crippen molar-refractivity contribution >= 4 is 17.6 Å². The molecule has 26 heavy (non-hydrogen) atoms. The Balaban J connectivity index is 3.69. The fraction of sp³-hybridized carbons (Fsp3) is 0.636. The average molecular weight is 362 g/mol. The van der Waals surface area contributed by atoms with Crippen LogP contribution in [0.15, 0.2) is 12.1 Å². The molecule has 1 rings (SSSR count). The van der Waals surface area contributed by atoms with E-state index in [1.54, 1.807) is 6.92 Å². The highest BCUT2D eigenvalue weighted by Crippen LogP contribution is 2.41. The van der Waals surface area contributed by atoms with Crippen molar-refractivity contribution < 1.29 is 14.3 Å². The molecule has 0 radical (unpaired) electrons. The summed E-state index contributed by atoms with van der Waals surface area (Å²) >= 11 is 0. The number of hydrogen-bond donors (Lipinski definition) is 1. The quantitative estimate of drug-likeness (QED) is 0.590. The predicted octanol–water partition coefficient (Wildman–Crippen LogP) is 5.08. The Bertz CT molecular complexity index is 648. The number of nitrogens with one attached hydrogen (secondary N) is 1. The molecule has 1 N–H and O–H groups in total. The molecule has 1 aromatic carbocycles. The summed E-state index contributed by atoms with van der Waals surface area (Å²) in [7, 11) is 0. The molecule has 0 aromatic heterocycles. The summed E-state index contributed by atoms with van der Waals surface area (Å²) < 4.78 is 4.85. The lowest BCUT2D eigenvalue weighted by atomic mass is 9.74. The minimum atomic E-state index is -0.855. The maximum atomic E-state index is 12.4. The van der Waals surface area contributed by atoms with Crippen LogP contribution in [-0.4, -0.2) is 18.5 Å². The Kier molecular flexibility index (Phi) is 6.33. The molecule has 146 valence electrons. The molecule has 0 bridgehead atoms. The highest BCUT2D eigenvalue weighted by molar-refractivity contribution is 6.37. The Hall–Kier alpha value is -1.84. The lowest BCUT2D eigenvalue weighted by molar-refractivity contribution is -0.152. The first-order valence-corrected chi connectivity index (χ1v) is 9.26. The molecule has 4 nitrogen and oxygen atoms in total. The van der Waals surface area contributed by atoms with Crippen LogP contribution in [0.3, 0.4) is 0 Å². The van der Waals surface area contributed by atoms with E-state index in [2.05, 4.69) is 79.8 Å². The molecule has 0 unspecified atom stereocenters. The molecule has 0 saturated carbocycles. The van der Waals surface area contributed by atoms with Crippen LogP contribution in [0.25, 0.3) is 0 Å². The Morgan fingerprint density at radius 2 is 1.27 bits per heavy atom. The second kappa shape index (κ2) is 7.42. The first-order valence-electron chi connectivity index (χ1n) is 9.26. The van der Waals surface area contributed by atoms with Crippen molar-refractivity contribution in [3.8, 4) is 0 Å². The van der Waals surface area contributed by atoms with Gasteiger partial charge < -0.3 is 10.1 Å². The Morgan fingerprint density at radius 3 is 1.58 bits per heavy atom. The van der Waals surface area contributed by atoms with E-state index in [0.29, 0.717) is 0 Å². The van der Waals surface area contributed by atoms with Crippen LogP contribution < -0.4 is 5.32 Å². The van der Waals surface area contributed by atoms with Crippen LogP contribution in [-0.2, 0) is 30.6 Å². The van der Waals surface area contributed by atoms with Gasteiger partial charge in [0.15, 0.2) is 0 Å². The average Bonchev–Trinajstić information content (AvgIpc) is 2.43. The Labute approximate surface area is 158 Å². The van der Waals surface area contributed by atoms with E-state index in [4.69, 9.17) is 4.74 Å². The Morgan fingerprint density at radius 1 is 0.846 bits per heavy atom. The minimum Gasteiger partial charge on any atom is -0.459 e. The van der Waals surface area contributed by atoms with Gasteiger partial charge in [0.1, 0.15) is 0 Å². The van der Waals surface area contributed by atoms with Gasteiger partial charge in [0, 0.05) is 5.69 Å². The summed E-state index contributed by atoms with van der Waals surface area (Å²) in [6, 6.07) is 4.30. The monoisotopic (exact) mass is 361 g/mol. The molecule has 0 heterocycles. The van der Waals surface area contributed by atoms with Crippen molar-refractivity contribution in [1.82, 2.24) is 0 Å². The van der Waals surface area contributed by atoms with Gasteiger partial charge in [-0.3, -0.25) is 4.79 Å². The molecule has 0 spiro atoms. The first kappa shape index (κ1) is 22.2. The SMILES string of the molecule is CCOC(=O)C(=O)Nc1c(C(C)(C)C)cc(C(C)(C)C)cc1C(C)(C)C. The van der Waals surface area contributed by atoms with Crippen molar-refractivity contribution in [2.45, 2.75) is 85.5 Å². The third-order valence-corrected chi connectivity index (χ3v) is 4.32. The third-order valence-electron chi connectivity index (χ3n) is 4.32. The zero-order chi connectivity index (χ0) is 20.5. The number of anilines is 1. The first-order chi connectivity index (χ1) is 11.6. The molecular formula is C22H35NO3. The van der Waals surface area contributed by atoms with Crippen LogP contribution in [0.5, 0.6) is 0 Å². The zero-order valence-corrected chi connectivity index (χ0v) is 18.1. The van der Waals surface area contributed by atoms with Crippen molar-refractivity contribution in [2.24, 2.45) is 0 Å². The second-order valence-corrected chi connectivity index (χ2v) is 9.87. The summed E-state index contributed by atoms with van der Waals surface area (Å²) in [6.45, 7) is 21.1. The number of ether oxygens (including phenoxy) is 1. The van der Waals surface area contributed by atoms with Gasteiger partial charge in [0.05, 0.1) is 6.61 Å². The van der Waals surface area contributed by atoms with E-state index in [0.717, 1.165) is 16.8 Å². The molecule has 1 aromatic rings. The summed E-state index contributed by atoms with van der Waals surface area (Å²) in [5.41, 5.74) is 3.55. The smallest absolute Gasteiger partial charge is 0.397 e. The summed E-state index contributed by atoms with van der Waals surface area (Å²) in [4.78, 5) is 24.2. The summed E-state index contributed by atoms with van der Waals surface area (Å²) in [5, 5.41) is 2.84. The fourth-order valence-electron chi connectivity index (χ4n) is 2.75. The van der Waals surface area contributed by atoms with Crippen LogP contribution in [0.4, 0.5) is 5.69 Å². The van der Waals surface area contributed by atoms with Gasteiger partial charge in [-0.1, -0.05) is 74.4 Å². The lowest BCUT2D eigenvalue weighted by Crippen LogP contribution is -2.30. The van der Waals surface area contributed by atoms with Gasteiger partial charge in [0.25, 0.3) is 0 Å². The molecule has 0 saturated heterocycles. The van der Waals surface area contributed by atoms with Crippen LogP contribution in [0.1, 0.15) is 85.9 Å². The second-order valence-electron chi connectivity index (χ2n) is 9.87. The van der Waals surface area contributed by atoms with Gasteiger partial charge in [-0.2, -0.15) is 0 Å². The van der Waals surface area contributed by atoms with Crippen molar-refractivity contribution in [3.05, 3.63) is 28.8 Å². The highest BCUT2D eigenvalue weighted by atomic mass is 16.5. The van der Waals surface area contributed by atoms with Crippen molar-refractivity contribution in [2.75, 3.05) is 11.9 Å². The normalized spacial score (nSPS) is 12.7. The molecule has 1 amide bonds. The van der Waals surface area contributed by atoms with Crippen LogP contribution in [0.2, 0.25) is 0 Å². The topological polar surface area (TPSA) is 55.4 Å². The maximum Gasteiger partial charge on any atom is 0.397 e. The van der Waals surface area contributed by atoms with E-state index in [-0.39, 0.29) is 22.9 Å². The minimum absolute atomic E-state index is 0.0241. The number of hydrogen-bond acceptors (Lipinski definition) is 3. The highest BCUT2D eigenvalue weighted by Gasteiger charge is 2.31.